The van der Waals surface area contributed by atoms with Gasteiger partial charge in [-0.05, 0) is 52.2 Å². The number of carbonyl (C=O) groups is 1. The van der Waals surface area contributed by atoms with E-state index in [9.17, 15) is 4.79 Å². The van der Waals surface area contributed by atoms with Crippen molar-refractivity contribution in [3.63, 3.8) is 0 Å². The second kappa shape index (κ2) is 6.68. The van der Waals surface area contributed by atoms with Gasteiger partial charge in [-0.25, -0.2) is 4.79 Å². The number of hydrogen-bond acceptors (Lipinski definition) is 3. The van der Waals surface area contributed by atoms with Crippen LogP contribution in [0, 0.1) is 0 Å². The molecule has 27 heavy (non-hydrogen) atoms. The predicted octanol–water partition coefficient (Wildman–Crippen LogP) is 4.39. The quantitative estimate of drug-likeness (QED) is 0.709. The van der Waals surface area contributed by atoms with E-state index in [1.54, 1.807) is 12.4 Å². The van der Waals surface area contributed by atoms with E-state index in [1.165, 1.54) is 5.69 Å². The highest BCUT2D eigenvalue weighted by molar-refractivity contribution is 6.01. The number of carbonyl (C=O) groups excluding carboxylic acids is 1. The molecule has 3 aromatic rings. The summed E-state index contributed by atoms with van der Waals surface area (Å²) in [7, 11) is 0. The van der Waals surface area contributed by atoms with E-state index in [0.29, 0.717) is 0 Å². The fourth-order valence-corrected chi connectivity index (χ4v) is 3.83. The fraction of sp³-hybridized carbons (Fsp3) is 0.381. The lowest BCUT2D eigenvalue weighted by atomic mass is 9.92. The molecule has 1 aromatic carbocycles. The highest BCUT2D eigenvalue weighted by atomic mass is 16.2. The lowest BCUT2D eigenvalue weighted by Crippen LogP contribution is -2.35. The third kappa shape index (κ3) is 3.39. The maximum atomic E-state index is 12.7. The lowest BCUT2D eigenvalue weighted by Gasteiger charge is -2.28. The first kappa shape index (κ1) is 17.5. The van der Waals surface area contributed by atoms with Gasteiger partial charge in [-0.15, -0.1) is 0 Å². The van der Waals surface area contributed by atoms with E-state index < -0.39 is 0 Å². The van der Waals surface area contributed by atoms with Crippen LogP contribution >= 0.6 is 0 Å². The first-order chi connectivity index (χ1) is 12.9. The largest absolute Gasteiger partial charge is 0.331 e. The first-order valence-corrected chi connectivity index (χ1v) is 9.41. The Kier molecular flexibility index (Phi) is 4.34. The van der Waals surface area contributed by atoms with Gasteiger partial charge in [0.2, 0.25) is 0 Å². The van der Waals surface area contributed by atoms with Gasteiger partial charge in [-0.3, -0.25) is 9.67 Å². The van der Waals surface area contributed by atoms with Crippen LogP contribution in [0.1, 0.15) is 50.9 Å². The zero-order chi connectivity index (χ0) is 19.0. The molecule has 2 heterocycles. The Balaban J connectivity index is 1.54. The molecule has 2 N–H and O–H groups in total. The van der Waals surface area contributed by atoms with Gasteiger partial charge in [-0.1, -0.05) is 12.1 Å². The Morgan fingerprint density at radius 3 is 2.89 bits per heavy atom. The summed E-state index contributed by atoms with van der Waals surface area (Å²) in [4.78, 5) is 16.8. The summed E-state index contributed by atoms with van der Waals surface area (Å²) >= 11 is 0. The zero-order valence-corrected chi connectivity index (χ0v) is 16.0. The minimum Gasteiger partial charge on any atom is -0.331 e. The summed E-state index contributed by atoms with van der Waals surface area (Å²) in [5.41, 5.74) is 3.09. The summed E-state index contributed by atoms with van der Waals surface area (Å²) in [5.74, 6) is 0. The molecule has 1 aliphatic carbocycles. The summed E-state index contributed by atoms with van der Waals surface area (Å²) in [6, 6.07) is 7.52. The molecule has 0 fully saturated rings. The van der Waals surface area contributed by atoms with Crippen LogP contribution in [-0.2, 0) is 12.0 Å². The van der Waals surface area contributed by atoms with E-state index in [-0.39, 0.29) is 17.6 Å². The number of amides is 2. The molecule has 6 heteroatoms. The molecular formula is C21H25N5O. The maximum absolute atomic E-state index is 12.7. The molecule has 1 aliphatic rings. The Labute approximate surface area is 159 Å². The van der Waals surface area contributed by atoms with Gasteiger partial charge in [0.25, 0.3) is 0 Å². The van der Waals surface area contributed by atoms with E-state index in [0.717, 1.165) is 41.3 Å². The second-order valence-electron chi connectivity index (χ2n) is 8.07. The molecule has 4 rings (SSSR count). The summed E-state index contributed by atoms with van der Waals surface area (Å²) in [6.45, 7) is 6.46. The Bertz CT molecular complexity index is 980. The molecule has 2 aromatic heterocycles. The van der Waals surface area contributed by atoms with Gasteiger partial charge in [-0.2, -0.15) is 5.10 Å². The van der Waals surface area contributed by atoms with Crippen molar-refractivity contribution in [3.05, 3.63) is 54.1 Å². The SMILES string of the molecule is CC(C)(C)n1ncc2c1CCCC2NC(=O)Nc1cccc2cnccc12. The van der Waals surface area contributed by atoms with Crippen LogP contribution in [0.2, 0.25) is 0 Å². The molecule has 1 unspecified atom stereocenters. The predicted molar refractivity (Wildman–Crippen MR) is 107 cm³/mol. The number of hydrogen-bond donors (Lipinski definition) is 2. The van der Waals surface area contributed by atoms with Crippen molar-refractivity contribution < 1.29 is 4.79 Å². The van der Waals surface area contributed by atoms with Crippen molar-refractivity contribution in [3.8, 4) is 0 Å². The minimum atomic E-state index is -0.194. The number of pyridine rings is 1. The third-order valence-corrected chi connectivity index (χ3v) is 5.05. The first-order valence-electron chi connectivity index (χ1n) is 9.41. The molecule has 0 saturated heterocycles. The Morgan fingerprint density at radius 1 is 1.22 bits per heavy atom. The van der Waals surface area contributed by atoms with Gasteiger partial charge >= 0.3 is 6.03 Å². The minimum absolute atomic E-state index is 0.0125. The molecule has 0 bridgehead atoms. The van der Waals surface area contributed by atoms with Gasteiger partial charge < -0.3 is 10.6 Å². The van der Waals surface area contributed by atoms with Crippen LogP contribution < -0.4 is 10.6 Å². The molecule has 0 spiro atoms. The number of nitrogens with one attached hydrogen (secondary N) is 2. The van der Waals surface area contributed by atoms with E-state index in [1.807, 2.05) is 30.5 Å². The van der Waals surface area contributed by atoms with Gasteiger partial charge in [0.05, 0.1) is 23.5 Å². The topological polar surface area (TPSA) is 71.8 Å². The number of fused-ring (bicyclic) bond motifs is 2. The highest BCUT2D eigenvalue weighted by Crippen LogP contribution is 2.32. The number of benzene rings is 1. The number of nitrogens with zero attached hydrogens (tertiary/aromatic N) is 3. The van der Waals surface area contributed by atoms with Crippen LogP contribution in [0.4, 0.5) is 10.5 Å². The second-order valence-corrected chi connectivity index (χ2v) is 8.07. The number of urea groups is 1. The average Bonchev–Trinajstić information content (AvgIpc) is 3.07. The standard InChI is InChI=1S/C21H25N5O/c1-21(2,3)26-19-9-5-8-18(16(19)13-23-26)25-20(27)24-17-7-4-6-14-12-22-11-10-15(14)17/h4,6-7,10-13,18H,5,8-9H2,1-3H3,(H2,24,25,27). The summed E-state index contributed by atoms with van der Waals surface area (Å²) in [6.07, 6.45) is 8.42. The van der Waals surface area contributed by atoms with E-state index in [4.69, 9.17) is 0 Å². The summed E-state index contributed by atoms with van der Waals surface area (Å²) < 4.78 is 2.09. The molecule has 6 nitrogen and oxygen atoms in total. The number of aromatic nitrogens is 3. The smallest absolute Gasteiger partial charge is 0.319 e. The molecule has 140 valence electrons. The lowest BCUT2D eigenvalue weighted by molar-refractivity contribution is 0.247. The molecular weight excluding hydrogens is 338 g/mol. The number of rotatable bonds is 2. The van der Waals surface area contributed by atoms with Gasteiger partial charge in [0, 0.05) is 34.4 Å². The van der Waals surface area contributed by atoms with Crippen LogP contribution in [0.5, 0.6) is 0 Å². The maximum Gasteiger partial charge on any atom is 0.319 e. The molecule has 1 atom stereocenters. The van der Waals surface area contributed by atoms with Crippen molar-refractivity contribution in [2.45, 2.75) is 51.6 Å². The van der Waals surface area contributed by atoms with Crippen molar-refractivity contribution in [1.82, 2.24) is 20.1 Å². The van der Waals surface area contributed by atoms with Crippen LogP contribution in [0.15, 0.2) is 42.9 Å². The van der Waals surface area contributed by atoms with Crippen molar-refractivity contribution >= 4 is 22.5 Å². The van der Waals surface area contributed by atoms with Gasteiger partial charge in [0.1, 0.15) is 0 Å². The van der Waals surface area contributed by atoms with Crippen molar-refractivity contribution in [2.24, 2.45) is 0 Å². The van der Waals surface area contributed by atoms with Crippen molar-refractivity contribution in [1.29, 1.82) is 0 Å². The number of anilines is 1. The monoisotopic (exact) mass is 363 g/mol. The van der Waals surface area contributed by atoms with Crippen LogP contribution in [0.25, 0.3) is 10.8 Å². The van der Waals surface area contributed by atoms with E-state index >= 15 is 0 Å². The molecule has 2 amide bonds. The average molecular weight is 363 g/mol. The third-order valence-electron chi connectivity index (χ3n) is 5.05. The fourth-order valence-electron chi connectivity index (χ4n) is 3.83. The molecule has 0 aliphatic heterocycles. The Morgan fingerprint density at radius 2 is 2.07 bits per heavy atom. The van der Waals surface area contributed by atoms with Gasteiger partial charge in [0.15, 0.2) is 0 Å². The highest BCUT2D eigenvalue weighted by Gasteiger charge is 2.29. The molecule has 0 saturated carbocycles. The normalized spacial score (nSPS) is 16.8. The van der Waals surface area contributed by atoms with Crippen LogP contribution in [-0.4, -0.2) is 20.8 Å². The van der Waals surface area contributed by atoms with Crippen molar-refractivity contribution in [2.75, 3.05) is 5.32 Å². The molecule has 0 radical (unpaired) electrons. The van der Waals surface area contributed by atoms with E-state index in [2.05, 4.69) is 46.2 Å². The zero-order valence-electron chi connectivity index (χ0n) is 16.0. The Hall–Kier alpha value is -2.89. The van der Waals surface area contributed by atoms with Crippen LogP contribution in [0.3, 0.4) is 0 Å². The summed E-state index contributed by atoms with van der Waals surface area (Å²) in [5, 5.41) is 12.7.